The van der Waals surface area contributed by atoms with E-state index in [-0.39, 0.29) is 6.54 Å². The average molecular weight is 253 g/mol. The second-order valence-corrected chi connectivity index (χ2v) is 3.52. The fraction of sp³-hybridized carbons (Fsp3) is 0.182. The van der Waals surface area contributed by atoms with Crippen molar-refractivity contribution in [2.75, 3.05) is 7.11 Å². The lowest BCUT2D eigenvalue weighted by Gasteiger charge is -2.16. The number of aliphatic hydroxyl groups is 2. The molecule has 1 aromatic carbocycles. The highest BCUT2D eigenvalue weighted by atomic mass is 16.5. The minimum atomic E-state index is -1.25. The van der Waals surface area contributed by atoms with E-state index in [1.807, 2.05) is 0 Å². The predicted molar refractivity (Wildman–Crippen MR) is 64.2 cm³/mol. The lowest BCUT2D eigenvalue weighted by Crippen LogP contribution is -2.40. The molecule has 0 aliphatic heterocycles. The van der Waals surface area contributed by atoms with Gasteiger partial charge in [-0.2, -0.15) is 0 Å². The minimum absolute atomic E-state index is 0.0802. The maximum atomic E-state index is 11.5. The molecule has 0 spiro atoms. The summed E-state index contributed by atoms with van der Waals surface area (Å²) in [6.45, 7) is 0.0802. The van der Waals surface area contributed by atoms with Crippen LogP contribution in [0.3, 0.4) is 0 Å². The molecule has 0 bridgehead atoms. The van der Waals surface area contributed by atoms with Gasteiger partial charge in [-0.15, -0.1) is 0 Å². The van der Waals surface area contributed by atoms with Crippen molar-refractivity contribution in [2.24, 2.45) is 11.6 Å². The molecule has 0 unspecified atom stereocenters. The SMILES string of the molecule is COc1ccc(CN(N)C(=O)C(N)=C(O)O)cc1. The molecule has 0 heterocycles. The zero-order valence-corrected chi connectivity index (χ0v) is 9.83. The molecule has 98 valence electrons. The number of hydrogen-bond acceptors (Lipinski definition) is 6. The van der Waals surface area contributed by atoms with Crippen molar-refractivity contribution >= 4 is 5.91 Å². The first-order valence-corrected chi connectivity index (χ1v) is 5.03. The summed E-state index contributed by atoms with van der Waals surface area (Å²) < 4.78 is 4.99. The quantitative estimate of drug-likeness (QED) is 0.199. The van der Waals surface area contributed by atoms with Gasteiger partial charge in [-0.05, 0) is 17.7 Å². The third-order valence-electron chi connectivity index (χ3n) is 2.24. The lowest BCUT2D eigenvalue weighted by molar-refractivity contribution is -0.128. The number of aliphatic hydroxyl groups excluding tert-OH is 1. The van der Waals surface area contributed by atoms with Gasteiger partial charge in [0.2, 0.25) is 0 Å². The third-order valence-corrected chi connectivity index (χ3v) is 2.24. The number of hydrazine groups is 1. The lowest BCUT2D eigenvalue weighted by atomic mass is 10.2. The molecule has 18 heavy (non-hydrogen) atoms. The van der Waals surface area contributed by atoms with Gasteiger partial charge in [0.05, 0.1) is 13.7 Å². The highest BCUT2D eigenvalue weighted by molar-refractivity contribution is 5.92. The van der Waals surface area contributed by atoms with E-state index in [1.165, 1.54) is 0 Å². The van der Waals surface area contributed by atoms with E-state index in [0.717, 1.165) is 10.6 Å². The molecule has 7 nitrogen and oxygen atoms in total. The molecule has 0 aromatic heterocycles. The van der Waals surface area contributed by atoms with Crippen LogP contribution in [-0.4, -0.2) is 28.2 Å². The van der Waals surface area contributed by atoms with Crippen LogP contribution >= 0.6 is 0 Å². The molecule has 7 heteroatoms. The molecular weight excluding hydrogens is 238 g/mol. The maximum absolute atomic E-state index is 11.5. The van der Waals surface area contributed by atoms with Crippen molar-refractivity contribution in [2.45, 2.75) is 6.54 Å². The highest BCUT2D eigenvalue weighted by Gasteiger charge is 2.17. The van der Waals surface area contributed by atoms with E-state index in [0.29, 0.717) is 5.75 Å². The number of ether oxygens (including phenoxy) is 1. The van der Waals surface area contributed by atoms with Crippen LogP contribution in [-0.2, 0) is 11.3 Å². The molecule has 6 N–H and O–H groups in total. The molecule has 0 aliphatic carbocycles. The fourth-order valence-corrected chi connectivity index (χ4v) is 1.25. The number of benzene rings is 1. The highest BCUT2D eigenvalue weighted by Crippen LogP contribution is 2.12. The van der Waals surface area contributed by atoms with Crippen molar-refractivity contribution < 1.29 is 19.7 Å². The van der Waals surface area contributed by atoms with Crippen molar-refractivity contribution in [1.82, 2.24) is 5.01 Å². The number of rotatable bonds is 4. The Bertz CT molecular complexity index is 452. The fourth-order valence-electron chi connectivity index (χ4n) is 1.25. The zero-order chi connectivity index (χ0) is 13.7. The molecule has 0 radical (unpaired) electrons. The summed E-state index contributed by atoms with van der Waals surface area (Å²) in [6, 6.07) is 6.89. The molecule has 0 saturated heterocycles. The van der Waals surface area contributed by atoms with Gasteiger partial charge in [0, 0.05) is 0 Å². The van der Waals surface area contributed by atoms with Gasteiger partial charge in [-0.3, -0.25) is 9.80 Å². The van der Waals surface area contributed by atoms with Crippen LogP contribution in [0, 0.1) is 0 Å². The van der Waals surface area contributed by atoms with E-state index < -0.39 is 17.5 Å². The van der Waals surface area contributed by atoms with Gasteiger partial charge in [-0.1, -0.05) is 12.1 Å². The van der Waals surface area contributed by atoms with Gasteiger partial charge in [0.15, 0.2) is 5.70 Å². The maximum Gasteiger partial charge on any atom is 0.304 e. The average Bonchev–Trinajstić information content (AvgIpc) is 2.37. The van der Waals surface area contributed by atoms with Gasteiger partial charge in [-0.25, -0.2) is 5.84 Å². The summed E-state index contributed by atoms with van der Waals surface area (Å²) in [5.74, 6) is 4.04. The summed E-state index contributed by atoms with van der Waals surface area (Å²) in [6.07, 6.45) is 0. The Balaban J connectivity index is 2.72. The van der Waals surface area contributed by atoms with Gasteiger partial charge in [0.1, 0.15) is 5.75 Å². The molecule has 0 fully saturated rings. The zero-order valence-electron chi connectivity index (χ0n) is 9.83. The smallest absolute Gasteiger partial charge is 0.304 e. The van der Waals surface area contributed by atoms with Crippen molar-refractivity contribution in [3.05, 3.63) is 41.5 Å². The summed E-state index contributed by atoms with van der Waals surface area (Å²) >= 11 is 0. The first kappa shape index (κ1) is 13.7. The predicted octanol–water partition coefficient (Wildman–Crippen LogP) is 0.141. The second-order valence-electron chi connectivity index (χ2n) is 3.52. The van der Waals surface area contributed by atoms with Crippen molar-refractivity contribution in [3.8, 4) is 5.75 Å². The number of nitrogens with two attached hydrogens (primary N) is 2. The first-order chi connectivity index (χ1) is 8.45. The van der Waals surface area contributed by atoms with E-state index in [1.54, 1.807) is 31.4 Å². The topological polar surface area (TPSA) is 122 Å². The molecular formula is C11H15N3O4. The Morgan fingerprint density at radius 2 is 1.89 bits per heavy atom. The van der Waals surface area contributed by atoms with Crippen LogP contribution < -0.4 is 16.3 Å². The van der Waals surface area contributed by atoms with Gasteiger partial charge >= 0.3 is 5.95 Å². The molecule has 0 saturated carbocycles. The van der Waals surface area contributed by atoms with E-state index in [4.69, 9.17) is 26.5 Å². The third kappa shape index (κ3) is 3.29. The summed E-state index contributed by atoms with van der Waals surface area (Å²) in [7, 11) is 1.54. The van der Waals surface area contributed by atoms with Crippen LogP contribution in [0.25, 0.3) is 0 Å². The summed E-state index contributed by atoms with van der Waals surface area (Å²) in [5, 5.41) is 18.1. The minimum Gasteiger partial charge on any atom is -0.497 e. The number of carbonyl (C=O) groups is 1. The Hall–Kier alpha value is -2.41. The number of carbonyl (C=O) groups excluding carboxylic acids is 1. The van der Waals surface area contributed by atoms with Crippen LogP contribution in [0.1, 0.15) is 5.56 Å². The number of hydrogen-bond donors (Lipinski definition) is 4. The normalized spacial score (nSPS) is 9.67. The van der Waals surface area contributed by atoms with E-state index >= 15 is 0 Å². The number of methoxy groups -OCH3 is 1. The van der Waals surface area contributed by atoms with Crippen LogP contribution in [0.5, 0.6) is 5.75 Å². The first-order valence-electron chi connectivity index (χ1n) is 5.03. The van der Waals surface area contributed by atoms with Crippen molar-refractivity contribution in [1.29, 1.82) is 0 Å². The Kier molecular flexibility index (Phi) is 4.39. The van der Waals surface area contributed by atoms with Gasteiger partial charge < -0.3 is 20.7 Å². The number of amides is 1. The standard InChI is InChI=1S/C11H15N3O4/c1-18-8-4-2-7(3-5-8)6-14(13)10(15)9(12)11(16)17/h2-5,16-17H,6,12-13H2,1H3. The second kappa shape index (κ2) is 5.78. The molecule has 1 amide bonds. The monoisotopic (exact) mass is 253 g/mol. The molecule has 1 rings (SSSR count). The molecule has 1 aromatic rings. The Morgan fingerprint density at radius 1 is 1.33 bits per heavy atom. The Labute approximate surface area is 104 Å². The summed E-state index contributed by atoms with van der Waals surface area (Å²) in [5.41, 5.74) is 5.19. The molecule has 0 atom stereocenters. The van der Waals surface area contributed by atoms with Gasteiger partial charge in [0.25, 0.3) is 5.91 Å². The van der Waals surface area contributed by atoms with Crippen molar-refractivity contribution in [3.63, 3.8) is 0 Å². The molecule has 0 aliphatic rings. The van der Waals surface area contributed by atoms with E-state index in [2.05, 4.69) is 0 Å². The van der Waals surface area contributed by atoms with Crippen LogP contribution in [0.2, 0.25) is 0 Å². The Morgan fingerprint density at radius 3 is 2.33 bits per heavy atom. The van der Waals surface area contributed by atoms with E-state index in [9.17, 15) is 4.79 Å². The summed E-state index contributed by atoms with van der Waals surface area (Å²) in [4.78, 5) is 11.5. The largest absolute Gasteiger partial charge is 0.497 e. The van der Waals surface area contributed by atoms with Crippen LogP contribution in [0.15, 0.2) is 35.9 Å². The number of nitrogens with zero attached hydrogens (tertiary/aromatic N) is 1. The van der Waals surface area contributed by atoms with Crippen LogP contribution in [0.4, 0.5) is 0 Å².